The van der Waals surface area contributed by atoms with Crippen LogP contribution >= 0.6 is 0 Å². The van der Waals surface area contributed by atoms with Crippen LogP contribution in [0.5, 0.6) is 0 Å². The summed E-state index contributed by atoms with van der Waals surface area (Å²) in [5.41, 5.74) is -0.773. The van der Waals surface area contributed by atoms with E-state index in [1.165, 1.54) is 38.5 Å². The molecule has 34 heavy (non-hydrogen) atoms. The van der Waals surface area contributed by atoms with Crippen molar-refractivity contribution in [3.05, 3.63) is 0 Å². The van der Waals surface area contributed by atoms with Crippen LogP contribution in [0.2, 0.25) is 0 Å². The molecule has 0 saturated heterocycles. The molecule has 3 aliphatic rings. The predicted octanol–water partition coefficient (Wildman–Crippen LogP) is 7.62. The van der Waals surface area contributed by atoms with E-state index >= 15 is 0 Å². The quantitative estimate of drug-likeness (QED) is 0.377. The summed E-state index contributed by atoms with van der Waals surface area (Å²) >= 11 is 0. The van der Waals surface area contributed by atoms with Crippen molar-refractivity contribution in [2.24, 2.45) is 46.3 Å². The monoisotopic (exact) mass is 478 g/mol. The molecule has 0 bridgehead atoms. The van der Waals surface area contributed by atoms with E-state index in [9.17, 15) is 10.2 Å². The maximum absolute atomic E-state index is 11.9. The van der Waals surface area contributed by atoms with E-state index in [0.717, 1.165) is 37.0 Å². The van der Waals surface area contributed by atoms with Gasteiger partial charge in [0, 0.05) is 13.0 Å². The van der Waals surface area contributed by atoms with Crippen LogP contribution in [0.3, 0.4) is 0 Å². The van der Waals surface area contributed by atoms with Gasteiger partial charge in [-0.2, -0.15) is 0 Å². The third-order valence-corrected chi connectivity index (χ3v) is 11.0. The highest BCUT2D eigenvalue weighted by Crippen LogP contribution is 2.65. The molecule has 3 fully saturated rings. The molecule has 0 spiro atoms. The average Bonchev–Trinajstić information content (AvgIpc) is 3.05. The second-order valence-electron chi connectivity index (χ2n) is 14.9. The molecule has 2 N–H and O–H groups in total. The fourth-order valence-corrected chi connectivity index (χ4v) is 9.05. The van der Waals surface area contributed by atoms with Gasteiger partial charge in [0.15, 0.2) is 0 Å². The molecule has 0 amide bonds. The van der Waals surface area contributed by atoms with Crippen LogP contribution in [0.1, 0.15) is 127 Å². The standard InChI is InChI=1S/C31H58O3/c1-21(2)11-10-12-22(3)25-13-14-26-24(20-32)27(16-17-29(25,26)7)30(8)18-15-23(19-31(30,9)33)34-28(4,5)6/h21-27,32-33H,10-20H2,1-9H3/t22-,23-,24-,25-,26+,27+,29+,30-,31+/m0/s1. The molecule has 9 atom stereocenters. The molecular formula is C31H58O3. The topological polar surface area (TPSA) is 49.7 Å². The fourth-order valence-electron chi connectivity index (χ4n) is 9.05. The maximum Gasteiger partial charge on any atom is 0.0700 e. The Kier molecular flexibility index (Phi) is 8.64. The van der Waals surface area contributed by atoms with Crippen molar-refractivity contribution in [3.8, 4) is 0 Å². The Morgan fingerprint density at radius 2 is 1.59 bits per heavy atom. The summed E-state index contributed by atoms with van der Waals surface area (Å²) in [7, 11) is 0. The molecule has 0 aromatic rings. The van der Waals surface area contributed by atoms with Crippen molar-refractivity contribution in [1.29, 1.82) is 0 Å². The third kappa shape index (κ3) is 5.57. The van der Waals surface area contributed by atoms with Gasteiger partial charge in [-0.25, -0.2) is 0 Å². The first-order valence-corrected chi connectivity index (χ1v) is 14.7. The Bertz CT molecular complexity index is 664. The zero-order valence-electron chi connectivity index (χ0n) is 24.1. The minimum absolute atomic E-state index is 0.118. The minimum Gasteiger partial charge on any atom is -0.396 e. The molecule has 0 radical (unpaired) electrons. The summed E-state index contributed by atoms with van der Waals surface area (Å²) in [4.78, 5) is 0. The van der Waals surface area contributed by atoms with Gasteiger partial charge in [-0.1, -0.05) is 53.9 Å². The Morgan fingerprint density at radius 3 is 2.15 bits per heavy atom. The summed E-state index contributed by atoms with van der Waals surface area (Å²) in [5.74, 6) is 3.63. The Hall–Kier alpha value is -0.120. The predicted molar refractivity (Wildman–Crippen MR) is 143 cm³/mol. The zero-order valence-corrected chi connectivity index (χ0v) is 24.1. The van der Waals surface area contributed by atoms with Crippen LogP contribution < -0.4 is 0 Å². The second kappa shape index (κ2) is 10.3. The average molecular weight is 479 g/mol. The van der Waals surface area contributed by atoms with E-state index in [-0.39, 0.29) is 23.7 Å². The number of hydrogen-bond donors (Lipinski definition) is 2. The number of fused-ring (bicyclic) bond motifs is 1. The van der Waals surface area contributed by atoms with Gasteiger partial charge in [0.25, 0.3) is 0 Å². The molecular weight excluding hydrogens is 420 g/mol. The summed E-state index contributed by atoms with van der Waals surface area (Å²) < 4.78 is 6.31. The third-order valence-electron chi connectivity index (χ3n) is 11.0. The first-order valence-electron chi connectivity index (χ1n) is 14.7. The molecule has 0 aromatic heterocycles. The van der Waals surface area contributed by atoms with Crippen LogP contribution in [0.25, 0.3) is 0 Å². The van der Waals surface area contributed by atoms with Gasteiger partial charge in [-0.05, 0) is 113 Å². The fraction of sp³-hybridized carbons (Fsp3) is 1.00. The van der Waals surface area contributed by atoms with E-state index in [1.54, 1.807) is 0 Å². The first-order chi connectivity index (χ1) is 15.6. The maximum atomic E-state index is 11.9. The Labute approximate surface area is 211 Å². The molecule has 3 saturated carbocycles. The molecule has 0 heterocycles. The number of aliphatic hydroxyl groups is 2. The van der Waals surface area contributed by atoms with E-state index in [2.05, 4.69) is 62.3 Å². The highest BCUT2D eigenvalue weighted by molar-refractivity contribution is 5.10. The SMILES string of the molecule is CC(C)CCC[C@H](C)[C@@H]1CC[C@@H]2[C@H](CO)[C@H]([C@]3(C)CC[C@H](OC(C)(C)C)C[C@@]3(C)O)CC[C@@]21C. The molecule has 3 aliphatic carbocycles. The normalized spacial score (nSPS) is 44.3. The van der Waals surface area contributed by atoms with Gasteiger partial charge in [-0.15, -0.1) is 0 Å². The Morgan fingerprint density at radius 1 is 0.912 bits per heavy atom. The Balaban J connectivity index is 1.75. The lowest BCUT2D eigenvalue weighted by Crippen LogP contribution is -2.59. The van der Waals surface area contributed by atoms with Crippen molar-refractivity contribution >= 4 is 0 Å². The number of aliphatic hydroxyl groups excluding tert-OH is 1. The van der Waals surface area contributed by atoms with Gasteiger partial charge in [-0.3, -0.25) is 0 Å². The van der Waals surface area contributed by atoms with Gasteiger partial charge >= 0.3 is 0 Å². The van der Waals surface area contributed by atoms with Gasteiger partial charge in [0.05, 0.1) is 17.3 Å². The molecule has 3 heteroatoms. The summed E-state index contributed by atoms with van der Waals surface area (Å²) in [6.07, 6.45) is 11.8. The van der Waals surface area contributed by atoms with Crippen molar-refractivity contribution in [1.82, 2.24) is 0 Å². The van der Waals surface area contributed by atoms with E-state index in [4.69, 9.17) is 4.74 Å². The highest BCUT2D eigenvalue weighted by Gasteiger charge is 2.61. The summed E-state index contributed by atoms with van der Waals surface area (Å²) in [6.45, 7) is 20.7. The minimum atomic E-state index is -0.769. The molecule has 3 nitrogen and oxygen atoms in total. The summed E-state index contributed by atoms with van der Waals surface area (Å²) in [6, 6.07) is 0. The van der Waals surface area contributed by atoms with Gasteiger partial charge in [0.1, 0.15) is 0 Å². The summed E-state index contributed by atoms with van der Waals surface area (Å²) in [5, 5.41) is 22.6. The lowest BCUT2D eigenvalue weighted by atomic mass is 9.47. The molecule has 0 unspecified atom stereocenters. The van der Waals surface area contributed by atoms with Crippen LogP contribution in [-0.2, 0) is 4.74 Å². The van der Waals surface area contributed by atoms with Crippen LogP contribution in [0.4, 0.5) is 0 Å². The van der Waals surface area contributed by atoms with Crippen molar-refractivity contribution < 1.29 is 14.9 Å². The number of hydrogen-bond acceptors (Lipinski definition) is 3. The second-order valence-corrected chi connectivity index (χ2v) is 14.9. The number of rotatable bonds is 8. The lowest BCUT2D eigenvalue weighted by molar-refractivity contribution is -0.203. The van der Waals surface area contributed by atoms with E-state index in [0.29, 0.717) is 29.6 Å². The van der Waals surface area contributed by atoms with Gasteiger partial charge < -0.3 is 14.9 Å². The highest BCUT2D eigenvalue weighted by atomic mass is 16.5. The van der Waals surface area contributed by atoms with Gasteiger partial charge in [0.2, 0.25) is 0 Å². The van der Waals surface area contributed by atoms with Crippen LogP contribution in [-0.4, -0.2) is 34.1 Å². The number of ether oxygens (including phenoxy) is 1. The largest absolute Gasteiger partial charge is 0.396 e. The first kappa shape index (κ1) is 28.5. The van der Waals surface area contributed by atoms with Crippen molar-refractivity contribution in [3.63, 3.8) is 0 Å². The molecule has 0 aromatic carbocycles. The van der Waals surface area contributed by atoms with Crippen molar-refractivity contribution in [2.45, 2.75) is 144 Å². The molecule has 200 valence electrons. The smallest absolute Gasteiger partial charge is 0.0700 e. The van der Waals surface area contributed by atoms with E-state index in [1.807, 2.05) is 0 Å². The van der Waals surface area contributed by atoms with E-state index < -0.39 is 5.60 Å². The van der Waals surface area contributed by atoms with Crippen LogP contribution in [0, 0.1) is 46.3 Å². The van der Waals surface area contributed by atoms with Crippen LogP contribution in [0.15, 0.2) is 0 Å². The molecule has 3 rings (SSSR count). The lowest BCUT2D eigenvalue weighted by Gasteiger charge is -2.60. The molecule has 0 aliphatic heterocycles. The van der Waals surface area contributed by atoms with Crippen molar-refractivity contribution in [2.75, 3.05) is 6.61 Å². The zero-order chi connectivity index (χ0) is 25.5.